The minimum Gasteiger partial charge on any atom is -0.350 e. The Morgan fingerprint density at radius 1 is 1.60 bits per heavy atom. The van der Waals surface area contributed by atoms with Crippen molar-refractivity contribution in [2.75, 3.05) is 11.4 Å². The average molecular weight is 209 g/mol. The number of hydrogen-bond donors (Lipinski definition) is 1. The lowest BCUT2D eigenvalue weighted by molar-refractivity contribution is 0.608. The standard InChI is InChI=1S/C11H16FN3/c1-8(6-13)15(10-3-4-10)11-5-2-9(12)7-14-11/h2,5,7-8,10H,3-4,6,13H2,1H3. The van der Waals surface area contributed by atoms with Gasteiger partial charge in [-0.15, -0.1) is 0 Å². The third-order valence-corrected chi connectivity index (χ3v) is 2.73. The molecule has 1 heterocycles. The third kappa shape index (κ3) is 2.26. The number of hydrogen-bond acceptors (Lipinski definition) is 3. The van der Waals surface area contributed by atoms with E-state index >= 15 is 0 Å². The molecule has 0 saturated heterocycles. The zero-order valence-electron chi connectivity index (χ0n) is 8.86. The fourth-order valence-corrected chi connectivity index (χ4v) is 1.76. The van der Waals surface area contributed by atoms with E-state index in [1.165, 1.54) is 25.1 Å². The molecule has 1 aromatic heterocycles. The zero-order valence-corrected chi connectivity index (χ0v) is 8.86. The van der Waals surface area contributed by atoms with Gasteiger partial charge in [-0.25, -0.2) is 9.37 Å². The van der Waals surface area contributed by atoms with Crippen molar-refractivity contribution in [3.05, 3.63) is 24.1 Å². The smallest absolute Gasteiger partial charge is 0.141 e. The Bertz CT molecular complexity index is 321. The van der Waals surface area contributed by atoms with Crippen LogP contribution in [0.5, 0.6) is 0 Å². The molecule has 0 radical (unpaired) electrons. The lowest BCUT2D eigenvalue weighted by Gasteiger charge is -2.29. The maximum atomic E-state index is 12.7. The summed E-state index contributed by atoms with van der Waals surface area (Å²) in [6.07, 6.45) is 3.63. The van der Waals surface area contributed by atoms with Crippen LogP contribution in [0.15, 0.2) is 18.3 Å². The van der Waals surface area contributed by atoms with Crippen LogP contribution in [0, 0.1) is 5.82 Å². The molecule has 4 heteroatoms. The molecule has 1 aliphatic carbocycles. The van der Waals surface area contributed by atoms with Gasteiger partial charge in [0.25, 0.3) is 0 Å². The number of aromatic nitrogens is 1. The SMILES string of the molecule is CC(CN)N(c1ccc(F)cn1)C1CC1. The molecule has 0 spiro atoms. The van der Waals surface area contributed by atoms with Gasteiger partial charge >= 0.3 is 0 Å². The Hall–Kier alpha value is -1.16. The van der Waals surface area contributed by atoms with Gasteiger partial charge < -0.3 is 10.6 Å². The molecule has 1 atom stereocenters. The number of halogens is 1. The van der Waals surface area contributed by atoms with Gasteiger partial charge in [0, 0.05) is 18.6 Å². The Kier molecular flexibility index (Phi) is 2.86. The van der Waals surface area contributed by atoms with E-state index in [9.17, 15) is 4.39 Å². The third-order valence-electron chi connectivity index (χ3n) is 2.73. The summed E-state index contributed by atoms with van der Waals surface area (Å²) in [5.74, 6) is 0.534. The van der Waals surface area contributed by atoms with Crippen LogP contribution in [-0.4, -0.2) is 23.6 Å². The summed E-state index contributed by atoms with van der Waals surface area (Å²) in [6, 6.07) is 3.97. The highest BCUT2D eigenvalue weighted by Gasteiger charge is 2.32. The maximum absolute atomic E-state index is 12.7. The van der Waals surface area contributed by atoms with Crippen molar-refractivity contribution in [1.82, 2.24) is 4.98 Å². The summed E-state index contributed by atoms with van der Waals surface area (Å²) in [5.41, 5.74) is 5.66. The largest absolute Gasteiger partial charge is 0.350 e. The predicted molar refractivity (Wildman–Crippen MR) is 58.2 cm³/mol. The molecular weight excluding hydrogens is 193 g/mol. The van der Waals surface area contributed by atoms with Crippen LogP contribution in [0.4, 0.5) is 10.2 Å². The number of rotatable bonds is 4. The molecule has 0 aromatic carbocycles. The van der Waals surface area contributed by atoms with Gasteiger partial charge in [-0.2, -0.15) is 0 Å². The van der Waals surface area contributed by atoms with E-state index in [2.05, 4.69) is 16.8 Å². The van der Waals surface area contributed by atoms with Crippen molar-refractivity contribution in [3.8, 4) is 0 Å². The predicted octanol–water partition coefficient (Wildman–Crippen LogP) is 1.54. The van der Waals surface area contributed by atoms with Crippen LogP contribution in [0.25, 0.3) is 0 Å². The number of nitrogens with two attached hydrogens (primary N) is 1. The second kappa shape index (κ2) is 4.14. The first-order valence-corrected chi connectivity index (χ1v) is 5.32. The molecule has 82 valence electrons. The molecule has 2 N–H and O–H groups in total. The van der Waals surface area contributed by atoms with Crippen molar-refractivity contribution >= 4 is 5.82 Å². The van der Waals surface area contributed by atoms with E-state index in [1.54, 1.807) is 6.07 Å². The second-order valence-electron chi connectivity index (χ2n) is 4.06. The van der Waals surface area contributed by atoms with Crippen LogP contribution >= 0.6 is 0 Å². The van der Waals surface area contributed by atoms with Gasteiger partial charge in [-0.05, 0) is 31.9 Å². The van der Waals surface area contributed by atoms with Gasteiger partial charge in [0.2, 0.25) is 0 Å². The topological polar surface area (TPSA) is 42.1 Å². The van der Waals surface area contributed by atoms with Crippen molar-refractivity contribution in [3.63, 3.8) is 0 Å². The molecule has 0 aliphatic heterocycles. The van der Waals surface area contributed by atoms with Crippen molar-refractivity contribution in [1.29, 1.82) is 0 Å². The van der Waals surface area contributed by atoms with Crippen LogP contribution in [0.1, 0.15) is 19.8 Å². The van der Waals surface area contributed by atoms with Crippen molar-refractivity contribution in [2.24, 2.45) is 5.73 Å². The monoisotopic (exact) mass is 209 g/mol. The molecule has 1 fully saturated rings. The Labute approximate surface area is 89.1 Å². The molecule has 2 rings (SSSR count). The molecule has 1 saturated carbocycles. The van der Waals surface area contributed by atoms with Gasteiger partial charge in [-0.3, -0.25) is 0 Å². The van der Waals surface area contributed by atoms with Crippen LogP contribution in [0.2, 0.25) is 0 Å². The summed E-state index contributed by atoms with van der Waals surface area (Å²) < 4.78 is 12.7. The van der Waals surface area contributed by atoms with Gasteiger partial charge in [0.1, 0.15) is 11.6 Å². The Morgan fingerprint density at radius 3 is 2.80 bits per heavy atom. The highest BCUT2D eigenvalue weighted by atomic mass is 19.1. The Morgan fingerprint density at radius 2 is 2.33 bits per heavy atom. The number of pyridine rings is 1. The highest BCUT2D eigenvalue weighted by Crippen LogP contribution is 2.32. The second-order valence-corrected chi connectivity index (χ2v) is 4.06. The number of nitrogens with zero attached hydrogens (tertiary/aromatic N) is 2. The van der Waals surface area contributed by atoms with E-state index in [1.807, 2.05) is 0 Å². The number of anilines is 1. The summed E-state index contributed by atoms with van der Waals surface area (Å²) in [4.78, 5) is 6.30. The van der Waals surface area contributed by atoms with Crippen molar-refractivity contribution < 1.29 is 4.39 Å². The maximum Gasteiger partial charge on any atom is 0.141 e. The van der Waals surface area contributed by atoms with Gasteiger partial charge in [-0.1, -0.05) is 0 Å². The Balaban J connectivity index is 2.20. The van der Waals surface area contributed by atoms with E-state index in [-0.39, 0.29) is 11.9 Å². The van der Waals surface area contributed by atoms with Crippen LogP contribution in [-0.2, 0) is 0 Å². The zero-order chi connectivity index (χ0) is 10.8. The van der Waals surface area contributed by atoms with E-state index in [4.69, 9.17) is 5.73 Å². The fourth-order valence-electron chi connectivity index (χ4n) is 1.76. The minimum atomic E-state index is -0.296. The molecule has 0 bridgehead atoms. The normalized spacial score (nSPS) is 17.5. The van der Waals surface area contributed by atoms with Gasteiger partial charge in [0.15, 0.2) is 0 Å². The minimum absolute atomic E-state index is 0.260. The first-order valence-electron chi connectivity index (χ1n) is 5.32. The molecule has 0 amide bonds. The molecule has 1 aliphatic rings. The lowest BCUT2D eigenvalue weighted by Crippen LogP contribution is -2.40. The lowest BCUT2D eigenvalue weighted by atomic mass is 10.2. The van der Waals surface area contributed by atoms with Crippen molar-refractivity contribution in [2.45, 2.75) is 31.8 Å². The van der Waals surface area contributed by atoms with Crippen LogP contribution in [0.3, 0.4) is 0 Å². The first kappa shape index (κ1) is 10.4. The summed E-state index contributed by atoms with van der Waals surface area (Å²) in [6.45, 7) is 2.67. The molecule has 3 nitrogen and oxygen atoms in total. The molecule has 1 aromatic rings. The van der Waals surface area contributed by atoms with Crippen LogP contribution < -0.4 is 10.6 Å². The van der Waals surface area contributed by atoms with Gasteiger partial charge in [0.05, 0.1) is 6.20 Å². The van der Waals surface area contributed by atoms with E-state index in [0.29, 0.717) is 12.6 Å². The molecular formula is C11H16FN3. The summed E-state index contributed by atoms with van der Waals surface area (Å²) >= 11 is 0. The average Bonchev–Trinajstić information content (AvgIpc) is 3.05. The van der Waals surface area contributed by atoms with E-state index < -0.39 is 0 Å². The molecule has 15 heavy (non-hydrogen) atoms. The first-order chi connectivity index (χ1) is 7.22. The summed E-state index contributed by atoms with van der Waals surface area (Å²) in [7, 11) is 0. The quantitative estimate of drug-likeness (QED) is 0.817. The summed E-state index contributed by atoms with van der Waals surface area (Å²) in [5, 5.41) is 0. The van der Waals surface area contributed by atoms with E-state index in [0.717, 1.165) is 5.82 Å². The highest BCUT2D eigenvalue weighted by molar-refractivity contribution is 5.42. The molecule has 1 unspecified atom stereocenters. The fraction of sp³-hybridized carbons (Fsp3) is 0.545.